The topological polar surface area (TPSA) is 28.7 Å². The Balaban J connectivity index is 2.10. The molecule has 16 heavy (non-hydrogen) atoms. The van der Waals surface area contributed by atoms with Crippen LogP contribution in [0.2, 0.25) is 0 Å². The van der Waals surface area contributed by atoms with Gasteiger partial charge in [-0.2, -0.15) is 0 Å². The summed E-state index contributed by atoms with van der Waals surface area (Å²) in [4.78, 5) is 7.39. The standard InChI is InChI=1S/C14H16N2/c1-10-4-2-6-12-11(10)5-3-7-13(12)14-8-15-9-16-14/h2,4,6,8-9,13H,3,5,7H2,1H3,(H,15,16)/t13-/m1/s1. The second-order valence-corrected chi connectivity index (χ2v) is 4.59. The molecule has 2 heteroatoms. The van der Waals surface area contributed by atoms with Crippen molar-refractivity contribution in [1.82, 2.24) is 9.97 Å². The van der Waals surface area contributed by atoms with E-state index in [0.29, 0.717) is 5.92 Å². The minimum Gasteiger partial charge on any atom is -0.348 e. The van der Waals surface area contributed by atoms with Crippen LogP contribution in [-0.4, -0.2) is 9.97 Å². The highest BCUT2D eigenvalue weighted by Gasteiger charge is 2.23. The van der Waals surface area contributed by atoms with Crippen LogP contribution in [0.15, 0.2) is 30.7 Å². The molecule has 0 spiro atoms. The van der Waals surface area contributed by atoms with Gasteiger partial charge in [-0.3, -0.25) is 0 Å². The zero-order valence-corrected chi connectivity index (χ0v) is 9.53. The average molecular weight is 212 g/mol. The van der Waals surface area contributed by atoms with Gasteiger partial charge in [0.1, 0.15) is 0 Å². The van der Waals surface area contributed by atoms with E-state index in [1.54, 1.807) is 11.9 Å². The highest BCUT2D eigenvalue weighted by molar-refractivity contribution is 5.41. The first-order valence-corrected chi connectivity index (χ1v) is 5.93. The Labute approximate surface area is 95.7 Å². The summed E-state index contributed by atoms with van der Waals surface area (Å²) in [6.07, 6.45) is 7.48. The van der Waals surface area contributed by atoms with Crippen molar-refractivity contribution in [2.75, 3.05) is 0 Å². The maximum atomic E-state index is 4.14. The Hall–Kier alpha value is -1.57. The number of hydrogen-bond acceptors (Lipinski definition) is 1. The van der Waals surface area contributed by atoms with Gasteiger partial charge in [-0.05, 0) is 42.9 Å². The molecule has 0 unspecified atom stereocenters. The predicted molar refractivity (Wildman–Crippen MR) is 64.5 cm³/mol. The Bertz CT molecular complexity index is 485. The predicted octanol–water partition coefficient (Wildman–Crippen LogP) is 3.19. The maximum Gasteiger partial charge on any atom is 0.0921 e. The van der Waals surface area contributed by atoms with Gasteiger partial charge in [0.05, 0.1) is 6.33 Å². The van der Waals surface area contributed by atoms with E-state index in [1.807, 2.05) is 6.20 Å². The summed E-state index contributed by atoms with van der Waals surface area (Å²) in [6.45, 7) is 2.22. The summed E-state index contributed by atoms with van der Waals surface area (Å²) >= 11 is 0. The molecule has 0 radical (unpaired) electrons. The van der Waals surface area contributed by atoms with Crippen molar-refractivity contribution in [3.8, 4) is 0 Å². The third-order valence-electron chi connectivity index (χ3n) is 3.64. The molecule has 1 heterocycles. The van der Waals surface area contributed by atoms with Crippen LogP contribution < -0.4 is 0 Å². The highest BCUT2D eigenvalue weighted by atomic mass is 14.9. The third-order valence-corrected chi connectivity index (χ3v) is 3.64. The number of fused-ring (bicyclic) bond motifs is 1. The molecule has 0 amide bonds. The van der Waals surface area contributed by atoms with E-state index in [2.05, 4.69) is 35.1 Å². The van der Waals surface area contributed by atoms with E-state index in [4.69, 9.17) is 0 Å². The van der Waals surface area contributed by atoms with E-state index >= 15 is 0 Å². The molecular formula is C14H16N2. The fourth-order valence-corrected chi connectivity index (χ4v) is 2.81. The quantitative estimate of drug-likeness (QED) is 0.772. The second-order valence-electron chi connectivity index (χ2n) is 4.59. The number of rotatable bonds is 1. The normalized spacial score (nSPS) is 19.4. The van der Waals surface area contributed by atoms with Crippen LogP contribution in [0.25, 0.3) is 0 Å². The number of aromatic nitrogens is 2. The lowest BCUT2D eigenvalue weighted by atomic mass is 9.79. The van der Waals surface area contributed by atoms with Gasteiger partial charge in [-0.1, -0.05) is 18.2 Å². The maximum absolute atomic E-state index is 4.14. The minimum atomic E-state index is 0.520. The van der Waals surface area contributed by atoms with Crippen molar-refractivity contribution in [2.45, 2.75) is 32.1 Å². The molecule has 0 saturated heterocycles. The summed E-state index contributed by atoms with van der Waals surface area (Å²) in [5, 5.41) is 0. The van der Waals surface area contributed by atoms with Crippen LogP contribution in [0.4, 0.5) is 0 Å². The van der Waals surface area contributed by atoms with E-state index in [0.717, 1.165) is 0 Å². The molecule has 1 aliphatic carbocycles. The van der Waals surface area contributed by atoms with Crippen molar-refractivity contribution < 1.29 is 0 Å². The van der Waals surface area contributed by atoms with Gasteiger partial charge >= 0.3 is 0 Å². The summed E-state index contributed by atoms with van der Waals surface area (Å²) < 4.78 is 0. The molecule has 0 bridgehead atoms. The molecule has 3 rings (SSSR count). The molecule has 1 atom stereocenters. The Morgan fingerprint density at radius 2 is 2.31 bits per heavy atom. The number of H-pyrrole nitrogens is 1. The lowest BCUT2D eigenvalue weighted by molar-refractivity contribution is 0.604. The number of hydrogen-bond donors (Lipinski definition) is 1. The zero-order valence-electron chi connectivity index (χ0n) is 9.53. The van der Waals surface area contributed by atoms with Crippen LogP contribution in [0.5, 0.6) is 0 Å². The van der Waals surface area contributed by atoms with Gasteiger partial charge in [0.2, 0.25) is 0 Å². The van der Waals surface area contributed by atoms with E-state index in [-0.39, 0.29) is 0 Å². The summed E-state index contributed by atoms with van der Waals surface area (Å²) in [6, 6.07) is 6.66. The molecule has 1 N–H and O–H groups in total. The molecule has 0 saturated carbocycles. The van der Waals surface area contributed by atoms with Gasteiger partial charge in [0, 0.05) is 17.8 Å². The molecule has 2 nitrogen and oxygen atoms in total. The van der Waals surface area contributed by atoms with Crippen LogP contribution in [0, 0.1) is 6.92 Å². The van der Waals surface area contributed by atoms with Gasteiger partial charge in [0.25, 0.3) is 0 Å². The molecule has 1 aliphatic rings. The number of benzene rings is 1. The van der Waals surface area contributed by atoms with E-state index < -0.39 is 0 Å². The van der Waals surface area contributed by atoms with Gasteiger partial charge in [-0.25, -0.2) is 4.98 Å². The number of aromatic amines is 1. The Kier molecular flexibility index (Phi) is 2.28. The molecule has 1 aromatic heterocycles. The van der Waals surface area contributed by atoms with Crippen LogP contribution in [0.1, 0.15) is 41.1 Å². The molecule has 1 aromatic carbocycles. The third kappa shape index (κ3) is 1.45. The molecular weight excluding hydrogens is 196 g/mol. The lowest BCUT2D eigenvalue weighted by Crippen LogP contribution is -2.12. The van der Waals surface area contributed by atoms with Crippen molar-refractivity contribution in [3.63, 3.8) is 0 Å². The summed E-state index contributed by atoms with van der Waals surface area (Å²) in [5.41, 5.74) is 5.73. The number of nitrogens with one attached hydrogen (secondary N) is 1. The molecule has 0 fully saturated rings. The highest BCUT2D eigenvalue weighted by Crippen LogP contribution is 2.36. The largest absolute Gasteiger partial charge is 0.348 e. The minimum absolute atomic E-state index is 0.520. The fourth-order valence-electron chi connectivity index (χ4n) is 2.81. The number of nitrogens with zero attached hydrogens (tertiary/aromatic N) is 1. The lowest BCUT2D eigenvalue weighted by Gasteiger charge is -2.25. The van der Waals surface area contributed by atoms with Gasteiger partial charge in [0.15, 0.2) is 0 Å². The summed E-state index contributed by atoms with van der Waals surface area (Å²) in [5.74, 6) is 0.520. The Morgan fingerprint density at radius 1 is 1.38 bits per heavy atom. The van der Waals surface area contributed by atoms with Crippen LogP contribution in [-0.2, 0) is 6.42 Å². The number of aryl methyl sites for hydroxylation is 1. The molecule has 2 aromatic rings. The SMILES string of the molecule is Cc1cccc2c1CCC[C@H]2c1cnc[nH]1. The average Bonchev–Trinajstić information content (AvgIpc) is 2.82. The Morgan fingerprint density at radius 3 is 3.12 bits per heavy atom. The second kappa shape index (κ2) is 3.78. The smallest absolute Gasteiger partial charge is 0.0921 e. The molecule has 0 aliphatic heterocycles. The van der Waals surface area contributed by atoms with Crippen LogP contribution in [0.3, 0.4) is 0 Å². The van der Waals surface area contributed by atoms with Gasteiger partial charge in [-0.15, -0.1) is 0 Å². The summed E-state index contributed by atoms with van der Waals surface area (Å²) in [7, 11) is 0. The van der Waals surface area contributed by atoms with Gasteiger partial charge < -0.3 is 4.98 Å². The number of imidazole rings is 1. The zero-order chi connectivity index (χ0) is 11.0. The van der Waals surface area contributed by atoms with Crippen molar-refractivity contribution in [2.24, 2.45) is 0 Å². The van der Waals surface area contributed by atoms with Crippen molar-refractivity contribution in [3.05, 3.63) is 53.1 Å². The first-order valence-electron chi connectivity index (χ1n) is 5.93. The van der Waals surface area contributed by atoms with E-state index in [9.17, 15) is 0 Å². The van der Waals surface area contributed by atoms with E-state index in [1.165, 1.54) is 36.1 Å². The monoisotopic (exact) mass is 212 g/mol. The fraction of sp³-hybridized carbons (Fsp3) is 0.357. The van der Waals surface area contributed by atoms with Crippen LogP contribution >= 0.6 is 0 Å². The van der Waals surface area contributed by atoms with Crippen molar-refractivity contribution in [1.29, 1.82) is 0 Å². The van der Waals surface area contributed by atoms with Crippen molar-refractivity contribution >= 4 is 0 Å². The molecule has 82 valence electrons. The first-order chi connectivity index (χ1) is 7.86. The first kappa shape index (κ1) is 9.64.